The van der Waals surface area contributed by atoms with Crippen molar-refractivity contribution in [1.82, 2.24) is 15.2 Å². The van der Waals surface area contributed by atoms with Gasteiger partial charge in [-0.1, -0.05) is 6.07 Å². The molecule has 0 spiro atoms. The Kier molecular flexibility index (Phi) is 6.24. The van der Waals surface area contributed by atoms with Crippen LogP contribution in [0.15, 0.2) is 36.5 Å². The number of piperidine rings is 1. The van der Waals surface area contributed by atoms with Gasteiger partial charge in [0.25, 0.3) is 11.8 Å². The van der Waals surface area contributed by atoms with Crippen molar-refractivity contribution in [2.45, 2.75) is 38.8 Å². The topological polar surface area (TPSA) is 138 Å². The minimum atomic E-state index is -1.19. The molecule has 5 amide bonds. The van der Waals surface area contributed by atoms with Gasteiger partial charge in [0.05, 0.1) is 39.9 Å². The Bertz CT molecular complexity index is 1760. The zero-order valence-corrected chi connectivity index (χ0v) is 22.6. The molecular formula is C29H23F2N5O6. The Morgan fingerprint density at radius 1 is 1.02 bits per heavy atom. The first-order chi connectivity index (χ1) is 20.0. The largest absolute Gasteiger partial charge is 0.441 e. The van der Waals surface area contributed by atoms with Crippen LogP contribution in [0.3, 0.4) is 0 Å². The van der Waals surface area contributed by atoms with Gasteiger partial charge in [-0.2, -0.15) is 0 Å². The van der Waals surface area contributed by atoms with Crippen LogP contribution in [0, 0.1) is 18.6 Å². The lowest BCUT2D eigenvalue weighted by Gasteiger charge is -2.32. The maximum Gasteiger partial charge on any atom is 0.414 e. The van der Waals surface area contributed by atoms with Crippen molar-refractivity contribution in [3.8, 4) is 11.1 Å². The number of rotatable bonds is 4. The monoisotopic (exact) mass is 575 g/mol. The normalized spacial score (nSPS) is 19.9. The SMILES string of the molecule is Cc1cc(-c2c(Nc3cccc4c3C(=O)N([C@H]3CCC(=O)NC3=O)C4=O)cc3c(c2F)[C@@H](C)OC(=O)N3C)c(F)cn1. The fourth-order valence-electron chi connectivity index (χ4n) is 5.56. The van der Waals surface area contributed by atoms with E-state index in [9.17, 15) is 24.0 Å². The van der Waals surface area contributed by atoms with Crippen molar-refractivity contribution >= 4 is 46.8 Å². The summed E-state index contributed by atoms with van der Waals surface area (Å²) in [5.74, 6) is -4.44. The van der Waals surface area contributed by atoms with Gasteiger partial charge in [-0.25, -0.2) is 13.6 Å². The Morgan fingerprint density at radius 2 is 1.79 bits per heavy atom. The molecular weight excluding hydrogens is 552 g/mol. The molecule has 13 heteroatoms. The molecule has 2 atom stereocenters. The standard InChI is InChI=1S/C29H23F2N5O6/c1-12-9-15(16(30)11-32-12)23-18(10-20-22(25(23)31)13(2)42-29(41)35(20)3)33-17-6-4-5-14-24(17)28(40)36(27(14)39)19-7-8-21(37)34-26(19)38/h4-6,9-11,13,19,33H,7-8H2,1-3H3,(H,34,37,38)/t13-,19+/m1/s1. The second kappa shape index (κ2) is 9.72. The van der Waals surface area contributed by atoms with Crippen LogP contribution < -0.4 is 15.5 Å². The number of imide groups is 2. The molecule has 0 aliphatic carbocycles. The number of amides is 5. The number of halogens is 2. The molecule has 0 radical (unpaired) electrons. The zero-order chi connectivity index (χ0) is 30.0. The molecule has 4 heterocycles. The van der Waals surface area contributed by atoms with Gasteiger partial charge in [0, 0.05) is 30.3 Å². The van der Waals surface area contributed by atoms with Crippen LogP contribution in [0.25, 0.3) is 11.1 Å². The molecule has 3 aromatic rings. The highest BCUT2D eigenvalue weighted by Gasteiger charge is 2.46. The first kappa shape index (κ1) is 27.0. The number of pyridine rings is 1. The van der Waals surface area contributed by atoms with Crippen LogP contribution in [0.4, 0.5) is 30.6 Å². The predicted molar refractivity (Wildman–Crippen MR) is 144 cm³/mol. The number of nitrogens with zero attached hydrogens (tertiary/aromatic N) is 3. The molecule has 1 fully saturated rings. The number of aromatic nitrogens is 1. The maximum absolute atomic E-state index is 16.4. The summed E-state index contributed by atoms with van der Waals surface area (Å²) in [7, 11) is 1.40. The van der Waals surface area contributed by atoms with Crippen molar-refractivity contribution in [2.75, 3.05) is 17.3 Å². The summed E-state index contributed by atoms with van der Waals surface area (Å²) < 4.78 is 36.8. The minimum Gasteiger partial charge on any atom is -0.441 e. The average Bonchev–Trinajstić information content (AvgIpc) is 3.19. The molecule has 0 saturated carbocycles. The Balaban J connectivity index is 1.51. The second-order valence-electron chi connectivity index (χ2n) is 10.2. The summed E-state index contributed by atoms with van der Waals surface area (Å²) in [6.07, 6.45) is -0.813. The van der Waals surface area contributed by atoms with Crippen LogP contribution in [0.5, 0.6) is 0 Å². The number of fused-ring (bicyclic) bond motifs is 2. The number of nitrogens with one attached hydrogen (secondary N) is 2. The van der Waals surface area contributed by atoms with Gasteiger partial charge in [-0.3, -0.25) is 39.3 Å². The quantitative estimate of drug-likeness (QED) is 0.443. The number of anilines is 3. The highest BCUT2D eigenvalue weighted by molar-refractivity contribution is 6.25. The van der Waals surface area contributed by atoms with E-state index in [0.717, 1.165) is 16.0 Å². The summed E-state index contributed by atoms with van der Waals surface area (Å²) in [6.45, 7) is 3.11. The fourth-order valence-corrected chi connectivity index (χ4v) is 5.56. The van der Waals surface area contributed by atoms with Crippen molar-refractivity contribution in [2.24, 2.45) is 0 Å². The van der Waals surface area contributed by atoms with E-state index in [2.05, 4.69) is 15.6 Å². The smallest absolute Gasteiger partial charge is 0.414 e. The molecule has 0 unspecified atom stereocenters. The first-order valence-corrected chi connectivity index (χ1v) is 13.0. The lowest BCUT2D eigenvalue weighted by atomic mass is 9.94. The molecule has 42 heavy (non-hydrogen) atoms. The van der Waals surface area contributed by atoms with E-state index in [1.807, 2.05) is 0 Å². The number of ether oxygens (including phenoxy) is 1. The highest BCUT2D eigenvalue weighted by Crippen LogP contribution is 2.46. The van der Waals surface area contributed by atoms with Gasteiger partial charge in [0.2, 0.25) is 11.8 Å². The van der Waals surface area contributed by atoms with Gasteiger partial charge in [-0.05, 0) is 44.5 Å². The van der Waals surface area contributed by atoms with Crippen LogP contribution in [0.2, 0.25) is 0 Å². The van der Waals surface area contributed by atoms with E-state index in [1.165, 1.54) is 44.3 Å². The third kappa shape index (κ3) is 4.07. The highest BCUT2D eigenvalue weighted by atomic mass is 19.1. The summed E-state index contributed by atoms with van der Waals surface area (Å²) >= 11 is 0. The average molecular weight is 576 g/mol. The van der Waals surface area contributed by atoms with Gasteiger partial charge in [-0.15, -0.1) is 0 Å². The van der Waals surface area contributed by atoms with Crippen LogP contribution in [-0.2, 0) is 14.3 Å². The maximum atomic E-state index is 16.4. The Hall–Kier alpha value is -5.20. The summed E-state index contributed by atoms with van der Waals surface area (Å²) in [5.41, 5.74) is 0.266. The zero-order valence-electron chi connectivity index (χ0n) is 22.6. The minimum absolute atomic E-state index is 0.00222. The third-order valence-electron chi connectivity index (χ3n) is 7.60. The molecule has 3 aliphatic rings. The number of cyclic esters (lactones) is 1. The van der Waals surface area contributed by atoms with Crippen molar-refractivity contribution in [3.05, 3.63) is 70.5 Å². The number of carbonyl (C=O) groups is 5. The second-order valence-corrected chi connectivity index (χ2v) is 10.2. The fraction of sp³-hybridized carbons (Fsp3) is 0.241. The Labute approximate surface area is 237 Å². The third-order valence-corrected chi connectivity index (χ3v) is 7.60. The predicted octanol–water partition coefficient (Wildman–Crippen LogP) is 4.13. The number of carbonyl (C=O) groups excluding carboxylic acids is 5. The molecule has 1 saturated heterocycles. The molecule has 1 aromatic heterocycles. The van der Waals surface area contributed by atoms with Gasteiger partial charge in [0.15, 0.2) is 0 Å². The molecule has 3 aliphatic heterocycles. The van der Waals surface area contributed by atoms with E-state index in [-0.39, 0.29) is 57.7 Å². The molecule has 6 rings (SSSR count). The van der Waals surface area contributed by atoms with Crippen LogP contribution >= 0.6 is 0 Å². The molecule has 0 bridgehead atoms. The first-order valence-electron chi connectivity index (χ1n) is 13.0. The molecule has 11 nitrogen and oxygen atoms in total. The summed E-state index contributed by atoms with van der Waals surface area (Å²) in [6, 6.07) is 6.01. The molecule has 2 N–H and O–H groups in total. The van der Waals surface area contributed by atoms with Crippen molar-refractivity contribution in [3.63, 3.8) is 0 Å². The Morgan fingerprint density at radius 3 is 2.52 bits per heavy atom. The molecule has 214 valence electrons. The van der Waals surface area contributed by atoms with Crippen LogP contribution in [-0.4, -0.2) is 52.7 Å². The van der Waals surface area contributed by atoms with Gasteiger partial charge in [0.1, 0.15) is 23.8 Å². The summed E-state index contributed by atoms with van der Waals surface area (Å²) in [5, 5.41) is 5.14. The lowest BCUT2D eigenvalue weighted by molar-refractivity contribution is -0.136. The van der Waals surface area contributed by atoms with E-state index < -0.39 is 53.5 Å². The van der Waals surface area contributed by atoms with Crippen molar-refractivity contribution in [1.29, 1.82) is 0 Å². The number of benzene rings is 2. The van der Waals surface area contributed by atoms with E-state index in [1.54, 1.807) is 6.92 Å². The van der Waals surface area contributed by atoms with E-state index >= 15 is 8.78 Å². The van der Waals surface area contributed by atoms with Gasteiger partial charge >= 0.3 is 6.09 Å². The van der Waals surface area contributed by atoms with Crippen molar-refractivity contribution < 1.29 is 37.5 Å². The lowest BCUT2D eigenvalue weighted by Crippen LogP contribution is -2.54. The van der Waals surface area contributed by atoms with E-state index in [4.69, 9.17) is 4.74 Å². The van der Waals surface area contributed by atoms with E-state index in [0.29, 0.717) is 5.69 Å². The van der Waals surface area contributed by atoms with Gasteiger partial charge < -0.3 is 10.1 Å². The number of hydrogen-bond acceptors (Lipinski definition) is 8. The number of hydrogen-bond donors (Lipinski definition) is 2. The summed E-state index contributed by atoms with van der Waals surface area (Å²) in [4.78, 5) is 69.3. The number of aryl methyl sites for hydroxylation is 1. The molecule has 2 aromatic carbocycles. The van der Waals surface area contributed by atoms with Crippen LogP contribution in [0.1, 0.15) is 57.8 Å².